The second-order valence-electron chi connectivity index (χ2n) is 5.64. The van der Waals surface area contributed by atoms with Gasteiger partial charge in [-0.2, -0.15) is 0 Å². The summed E-state index contributed by atoms with van der Waals surface area (Å²) in [4.78, 5) is 13.0. The minimum atomic E-state index is 0.134. The second-order valence-corrected chi connectivity index (χ2v) is 6.62. The Morgan fingerprint density at radius 2 is 2.05 bits per heavy atom. The number of rotatable bonds is 8. The van der Waals surface area contributed by atoms with Gasteiger partial charge in [-0.25, -0.2) is 0 Å². The van der Waals surface area contributed by atoms with Crippen molar-refractivity contribution in [3.63, 3.8) is 0 Å². The summed E-state index contributed by atoms with van der Waals surface area (Å²) in [5, 5.41) is 8.53. The van der Waals surface area contributed by atoms with Gasteiger partial charge in [-0.1, -0.05) is 33.8 Å². The van der Waals surface area contributed by atoms with Gasteiger partial charge < -0.3 is 10.6 Å². The molecule has 1 aromatic rings. The van der Waals surface area contributed by atoms with E-state index in [0.29, 0.717) is 24.3 Å². The Labute approximate surface area is 120 Å². The highest BCUT2D eigenvalue weighted by Gasteiger charge is 2.16. The van der Waals surface area contributed by atoms with Crippen LogP contribution >= 0.6 is 11.3 Å². The Kier molecular flexibility index (Phi) is 7.10. The van der Waals surface area contributed by atoms with E-state index in [0.717, 1.165) is 13.1 Å². The number of carbonyl (C=O) groups excluding carboxylic acids is 1. The molecule has 108 valence electrons. The third-order valence-electron chi connectivity index (χ3n) is 2.94. The van der Waals surface area contributed by atoms with Crippen LogP contribution in [0.4, 0.5) is 0 Å². The fraction of sp³-hybridized carbons (Fsp3) is 0.667. The molecule has 1 amide bonds. The van der Waals surface area contributed by atoms with Gasteiger partial charge in [0, 0.05) is 30.4 Å². The Morgan fingerprint density at radius 3 is 2.58 bits per heavy atom. The molecule has 0 saturated carbocycles. The molecule has 19 heavy (non-hydrogen) atoms. The fourth-order valence-electron chi connectivity index (χ4n) is 1.88. The molecule has 0 fully saturated rings. The van der Waals surface area contributed by atoms with Crippen molar-refractivity contribution in [1.82, 2.24) is 10.6 Å². The zero-order chi connectivity index (χ0) is 14.3. The lowest BCUT2D eigenvalue weighted by atomic mass is 10.0. The van der Waals surface area contributed by atoms with Crippen LogP contribution in [-0.2, 0) is 4.79 Å². The zero-order valence-corrected chi connectivity index (χ0v) is 13.2. The van der Waals surface area contributed by atoms with Crippen molar-refractivity contribution in [2.45, 2.75) is 40.2 Å². The molecule has 1 rings (SSSR count). The molecule has 1 aromatic heterocycles. The van der Waals surface area contributed by atoms with Crippen LogP contribution in [0.1, 0.15) is 45.0 Å². The average Bonchev–Trinajstić information content (AvgIpc) is 2.85. The first kappa shape index (κ1) is 16.2. The molecular formula is C15H26N2OS. The highest BCUT2D eigenvalue weighted by Crippen LogP contribution is 2.25. The monoisotopic (exact) mass is 282 g/mol. The molecule has 0 saturated heterocycles. The third-order valence-corrected chi connectivity index (χ3v) is 3.90. The Morgan fingerprint density at radius 1 is 1.32 bits per heavy atom. The van der Waals surface area contributed by atoms with Crippen LogP contribution in [0.3, 0.4) is 0 Å². The standard InChI is InChI=1S/C15H26N2OS/c1-11(2)10-17-14(18)7-8-16-15(12(3)4)13-6-5-9-19-13/h5-6,9,11-12,15-16H,7-8,10H2,1-4H3,(H,17,18). The second kappa shape index (κ2) is 8.33. The van der Waals surface area contributed by atoms with Crippen LogP contribution in [0.5, 0.6) is 0 Å². The molecule has 0 bridgehead atoms. The Balaban J connectivity index is 2.31. The van der Waals surface area contributed by atoms with E-state index in [-0.39, 0.29) is 5.91 Å². The minimum absolute atomic E-state index is 0.134. The van der Waals surface area contributed by atoms with Crippen LogP contribution in [0.25, 0.3) is 0 Å². The lowest BCUT2D eigenvalue weighted by molar-refractivity contribution is -0.121. The maximum atomic E-state index is 11.6. The summed E-state index contributed by atoms with van der Waals surface area (Å²) in [7, 11) is 0. The van der Waals surface area contributed by atoms with Crippen LogP contribution < -0.4 is 10.6 Å². The average molecular weight is 282 g/mol. The Hall–Kier alpha value is -0.870. The summed E-state index contributed by atoms with van der Waals surface area (Å²) in [6.07, 6.45) is 0.543. The van der Waals surface area contributed by atoms with E-state index in [1.165, 1.54) is 4.88 Å². The molecule has 0 aliphatic carbocycles. The van der Waals surface area contributed by atoms with Gasteiger partial charge in [0.25, 0.3) is 0 Å². The molecule has 0 aromatic carbocycles. The summed E-state index contributed by atoms with van der Waals surface area (Å²) >= 11 is 1.77. The van der Waals surface area contributed by atoms with E-state index >= 15 is 0 Å². The van der Waals surface area contributed by atoms with Crippen molar-refractivity contribution < 1.29 is 4.79 Å². The predicted molar refractivity (Wildman–Crippen MR) is 82.4 cm³/mol. The number of hydrogen-bond acceptors (Lipinski definition) is 3. The predicted octanol–water partition coefficient (Wildman–Crippen LogP) is 3.20. The maximum absolute atomic E-state index is 11.6. The zero-order valence-electron chi connectivity index (χ0n) is 12.4. The van der Waals surface area contributed by atoms with Gasteiger partial charge in [-0.05, 0) is 23.3 Å². The first-order valence-corrected chi connectivity index (χ1v) is 7.92. The van der Waals surface area contributed by atoms with Gasteiger partial charge in [-0.15, -0.1) is 11.3 Å². The van der Waals surface area contributed by atoms with Gasteiger partial charge >= 0.3 is 0 Å². The summed E-state index contributed by atoms with van der Waals surface area (Å²) in [5.41, 5.74) is 0. The minimum Gasteiger partial charge on any atom is -0.356 e. The highest BCUT2D eigenvalue weighted by molar-refractivity contribution is 7.10. The highest BCUT2D eigenvalue weighted by atomic mass is 32.1. The van der Waals surface area contributed by atoms with Crippen LogP contribution in [-0.4, -0.2) is 19.0 Å². The molecule has 2 N–H and O–H groups in total. The summed E-state index contributed by atoms with van der Waals surface area (Å²) in [6, 6.07) is 4.58. The third kappa shape index (κ3) is 6.21. The number of thiophene rings is 1. The van der Waals surface area contributed by atoms with Crippen LogP contribution in [0.2, 0.25) is 0 Å². The molecule has 0 radical (unpaired) electrons. The topological polar surface area (TPSA) is 41.1 Å². The van der Waals surface area contributed by atoms with Gasteiger partial charge in [0.15, 0.2) is 0 Å². The van der Waals surface area contributed by atoms with Crippen molar-refractivity contribution >= 4 is 17.2 Å². The lowest BCUT2D eigenvalue weighted by Gasteiger charge is -2.21. The van der Waals surface area contributed by atoms with E-state index in [1.807, 2.05) is 0 Å². The van der Waals surface area contributed by atoms with Crippen LogP contribution in [0, 0.1) is 11.8 Å². The molecule has 0 aliphatic heterocycles. The van der Waals surface area contributed by atoms with Gasteiger partial charge in [0.05, 0.1) is 0 Å². The molecule has 0 spiro atoms. The number of nitrogens with one attached hydrogen (secondary N) is 2. The van der Waals surface area contributed by atoms with E-state index in [2.05, 4.69) is 55.8 Å². The first-order valence-electron chi connectivity index (χ1n) is 7.04. The van der Waals surface area contributed by atoms with Crippen molar-refractivity contribution in [2.24, 2.45) is 11.8 Å². The maximum Gasteiger partial charge on any atom is 0.221 e. The largest absolute Gasteiger partial charge is 0.356 e. The SMILES string of the molecule is CC(C)CNC(=O)CCNC(c1cccs1)C(C)C. The van der Waals surface area contributed by atoms with Crippen molar-refractivity contribution in [2.75, 3.05) is 13.1 Å². The summed E-state index contributed by atoms with van der Waals surface area (Å²) in [5.74, 6) is 1.17. The van der Waals surface area contributed by atoms with E-state index in [4.69, 9.17) is 0 Å². The first-order chi connectivity index (χ1) is 9.00. The molecule has 3 nitrogen and oxygen atoms in total. The summed E-state index contributed by atoms with van der Waals surface area (Å²) < 4.78 is 0. The molecule has 1 heterocycles. The normalized spacial score (nSPS) is 12.9. The quantitative estimate of drug-likeness (QED) is 0.769. The molecular weight excluding hydrogens is 256 g/mol. The smallest absolute Gasteiger partial charge is 0.221 e. The van der Waals surface area contributed by atoms with Crippen molar-refractivity contribution in [3.8, 4) is 0 Å². The Bertz CT molecular complexity index is 360. The number of hydrogen-bond donors (Lipinski definition) is 2. The number of carbonyl (C=O) groups is 1. The fourth-order valence-corrected chi connectivity index (χ4v) is 2.85. The van der Waals surface area contributed by atoms with E-state index in [1.54, 1.807) is 11.3 Å². The van der Waals surface area contributed by atoms with E-state index in [9.17, 15) is 4.79 Å². The number of amides is 1. The lowest BCUT2D eigenvalue weighted by Crippen LogP contribution is -2.32. The van der Waals surface area contributed by atoms with Gasteiger partial charge in [-0.3, -0.25) is 4.79 Å². The van der Waals surface area contributed by atoms with Gasteiger partial charge in [0.2, 0.25) is 5.91 Å². The van der Waals surface area contributed by atoms with Crippen molar-refractivity contribution in [3.05, 3.63) is 22.4 Å². The molecule has 4 heteroatoms. The molecule has 0 aliphatic rings. The van der Waals surface area contributed by atoms with Crippen molar-refractivity contribution in [1.29, 1.82) is 0 Å². The van der Waals surface area contributed by atoms with E-state index < -0.39 is 0 Å². The van der Waals surface area contributed by atoms with Gasteiger partial charge in [0.1, 0.15) is 0 Å². The molecule has 1 atom stereocenters. The van der Waals surface area contributed by atoms with Crippen LogP contribution in [0.15, 0.2) is 17.5 Å². The molecule has 1 unspecified atom stereocenters. The summed E-state index contributed by atoms with van der Waals surface area (Å²) in [6.45, 7) is 10.1.